The summed E-state index contributed by atoms with van der Waals surface area (Å²) in [4.78, 5) is 0. The van der Waals surface area contributed by atoms with E-state index in [4.69, 9.17) is 14.6 Å². The molecule has 0 amide bonds. The molecule has 0 radical (unpaired) electrons. The molecule has 0 aromatic carbocycles. The van der Waals surface area contributed by atoms with Crippen LogP contribution in [0, 0.1) is 0 Å². The SMILES string of the molecule is CCCOCCOCCCCCCO. The first-order chi connectivity index (χ1) is 6.91. The van der Waals surface area contributed by atoms with Gasteiger partial charge in [0.2, 0.25) is 0 Å². The standard InChI is InChI=1S/C11H24O3/c1-2-8-13-10-11-14-9-6-4-3-5-7-12/h12H,2-11H2,1H3. The van der Waals surface area contributed by atoms with E-state index in [1.165, 1.54) is 0 Å². The van der Waals surface area contributed by atoms with E-state index in [2.05, 4.69) is 6.92 Å². The van der Waals surface area contributed by atoms with Crippen LogP contribution >= 0.6 is 0 Å². The van der Waals surface area contributed by atoms with Gasteiger partial charge in [-0.15, -0.1) is 0 Å². The minimum Gasteiger partial charge on any atom is -0.396 e. The lowest BCUT2D eigenvalue weighted by Crippen LogP contribution is -2.05. The van der Waals surface area contributed by atoms with Crippen LogP contribution in [0.5, 0.6) is 0 Å². The molecule has 0 unspecified atom stereocenters. The average molecular weight is 204 g/mol. The Bertz CT molecular complexity index is 84.5. The Hall–Kier alpha value is -0.120. The van der Waals surface area contributed by atoms with E-state index in [-0.39, 0.29) is 0 Å². The van der Waals surface area contributed by atoms with Gasteiger partial charge in [-0.2, -0.15) is 0 Å². The lowest BCUT2D eigenvalue weighted by molar-refractivity contribution is 0.0464. The minimum atomic E-state index is 0.311. The first-order valence-electron chi connectivity index (χ1n) is 5.68. The van der Waals surface area contributed by atoms with Crippen molar-refractivity contribution in [3.8, 4) is 0 Å². The molecule has 0 aliphatic rings. The number of rotatable bonds is 11. The van der Waals surface area contributed by atoms with Crippen LogP contribution in [-0.2, 0) is 9.47 Å². The van der Waals surface area contributed by atoms with Crippen molar-refractivity contribution in [1.29, 1.82) is 0 Å². The third-order valence-electron chi connectivity index (χ3n) is 1.92. The number of aliphatic hydroxyl groups is 1. The van der Waals surface area contributed by atoms with Crippen LogP contribution < -0.4 is 0 Å². The summed E-state index contributed by atoms with van der Waals surface area (Å²) in [6, 6.07) is 0. The van der Waals surface area contributed by atoms with Crippen LogP contribution in [0.25, 0.3) is 0 Å². The molecule has 14 heavy (non-hydrogen) atoms. The molecule has 0 aliphatic heterocycles. The third-order valence-corrected chi connectivity index (χ3v) is 1.92. The lowest BCUT2D eigenvalue weighted by Gasteiger charge is -2.04. The maximum Gasteiger partial charge on any atom is 0.0700 e. The number of hydrogen-bond acceptors (Lipinski definition) is 3. The van der Waals surface area contributed by atoms with Crippen LogP contribution in [-0.4, -0.2) is 38.1 Å². The first-order valence-corrected chi connectivity index (χ1v) is 5.68. The van der Waals surface area contributed by atoms with E-state index < -0.39 is 0 Å². The summed E-state index contributed by atoms with van der Waals surface area (Å²) < 4.78 is 10.6. The van der Waals surface area contributed by atoms with Crippen LogP contribution in [0.3, 0.4) is 0 Å². The number of hydrogen-bond donors (Lipinski definition) is 1. The topological polar surface area (TPSA) is 38.7 Å². The molecule has 0 aliphatic carbocycles. The van der Waals surface area contributed by atoms with E-state index in [0.29, 0.717) is 19.8 Å². The summed E-state index contributed by atoms with van der Waals surface area (Å²) in [6.45, 7) is 5.49. The van der Waals surface area contributed by atoms with Gasteiger partial charge in [0.15, 0.2) is 0 Å². The van der Waals surface area contributed by atoms with Crippen molar-refractivity contribution < 1.29 is 14.6 Å². The second-order valence-electron chi connectivity index (χ2n) is 3.36. The maximum absolute atomic E-state index is 8.54. The predicted octanol–water partition coefficient (Wildman–Crippen LogP) is 1.98. The van der Waals surface area contributed by atoms with Gasteiger partial charge >= 0.3 is 0 Å². The Balaban J connectivity index is 2.78. The first kappa shape index (κ1) is 13.9. The van der Waals surface area contributed by atoms with Crippen LogP contribution in [0.2, 0.25) is 0 Å². The summed E-state index contributed by atoms with van der Waals surface area (Å²) >= 11 is 0. The third kappa shape index (κ3) is 11.9. The van der Waals surface area contributed by atoms with Gasteiger partial charge in [0.1, 0.15) is 0 Å². The summed E-state index contributed by atoms with van der Waals surface area (Å²) in [5.74, 6) is 0. The molecule has 0 aromatic rings. The highest BCUT2D eigenvalue weighted by Crippen LogP contribution is 1.98. The van der Waals surface area contributed by atoms with E-state index in [1.807, 2.05) is 0 Å². The van der Waals surface area contributed by atoms with E-state index in [1.54, 1.807) is 0 Å². The molecule has 0 heterocycles. The summed E-state index contributed by atoms with van der Waals surface area (Å²) in [5.41, 5.74) is 0. The van der Waals surface area contributed by atoms with Gasteiger partial charge in [0.25, 0.3) is 0 Å². The van der Waals surface area contributed by atoms with E-state index in [0.717, 1.165) is 45.3 Å². The Morgan fingerprint density at radius 3 is 2.07 bits per heavy atom. The number of aliphatic hydroxyl groups excluding tert-OH is 1. The average Bonchev–Trinajstić information content (AvgIpc) is 2.21. The number of ether oxygens (including phenoxy) is 2. The van der Waals surface area contributed by atoms with Crippen LogP contribution in [0.1, 0.15) is 39.0 Å². The quantitative estimate of drug-likeness (QED) is 0.523. The molecule has 0 aromatic heterocycles. The highest BCUT2D eigenvalue weighted by Gasteiger charge is 1.91. The van der Waals surface area contributed by atoms with Gasteiger partial charge < -0.3 is 14.6 Å². The second kappa shape index (κ2) is 12.9. The fraction of sp³-hybridized carbons (Fsp3) is 1.00. The van der Waals surface area contributed by atoms with Gasteiger partial charge in [-0.05, 0) is 19.3 Å². The van der Waals surface area contributed by atoms with Crippen molar-refractivity contribution >= 4 is 0 Å². The van der Waals surface area contributed by atoms with Crippen molar-refractivity contribution in [2.24, 2.45) is 0 Å². The fourth-order valence-corrected chi connectivity index (χ4v) is 1.14. The highest BCUT2D eigenvalue weighted by molar-refractivity contribution is 4.41. The Morgan fingerprint density at radius 1 is 0.786 bits per heavy atom. The number of unbranched alkanes of at least 4 members (excludes halogenated alkanes) is 3. The molecule has 0 atom stereocenters. The van der Waals surface area contributed by atoms with Gasteiger partial charge in [-0.1, -0.05) is 19.8 Å². The molecule has 3 heteroatoms. The molecule has 0 bridgehead atoms. The monoisotopic (exact) mass is 204 g/mol. The molecule has 0 saturated heterocycles. The van der Waals surface area contributed by atoms with Gasteiger partial charge in [0.05, 0.1) is 13.2 Å². The molecule has 0 rings (SSSR count). The molecular formula is C11H24O3. The summed E-state index contributed by atoms with van der Waals surface area (Å²) in [5, 5.41) is 8.54. The molecule has 0 fully saturated rings. The maximum atomic E-state index is 8.54. The highest BCUT2D eigenvalue weighted by atomic mass is 16.5. The smallest absolute Gasteiger partial charge is 0.0700 e. The lowest BCUT2D eigenvalue weighted by atomic mass is 10.2. The zero-order valence-corrected chi connectivity index (χ0v) is 9.33. The van der Waals surface area contributed by atoms with Crippen molar-refractivity contribution in [2.45, 2.75) is 39.0 Å². The largest absolute Gasteiger partial charge is 0.396 e. The zero-order valence-electron chi connectivity index (χ0n) is 9.33. The zero-order chi connectivity index (χ0) is 10.5. The minimum absolute atomic E-state index is 0.311. The summed E-state index contributed by atoms with van der Waals surface area (Å²) in [7, 11) is 0. The predicted molar refractivity (Wildman–Crippen MR) is 57.5 cm³/mol. The normalized spacial score (nSPS) is 10.7. The molecular weight excluding hydrogens is 180 g/mol. The van der Waals surface area contributed by atoms with Crippen molar-refractivity contribution in [1.82, 2.24) is 0 Å². The Labute approximate surface area is 87.4 Å². The fourth-order valence-electron chi connectivity index (χ4n) is 1.14. The molecule has 1 N–H and O–H groups in total. The van der Waals surface area contributed by atoms with Gasteiger partial charge in [0, 0.05) is 19.8 Å². The summed E-state index contributed by atoms with van der Waals surface area (Å²) in [6.07, 6.45) is 5.33. The van der Waals surface area contributed by atoms with Crippen molar-refractivity contribution in [2.75, 3.05) is 33.0 Å². The van der Waals surface area contributed by atoms with Crippen LogP contribution in [0.4, 0.5) is 0 Å². The molecule has 0 saturated carbocycles. The van der Waals surface area contributed by atoms with Crippen molar-refractivity contribution in [3.63, 3.8) is 0 Å². The van der Waals surface area contributed by atoms with Gasteiger partial charge in [-0.25, -0.2) is 0 Å². The molecule has 0 spiro atoms. The van der Waals surface area contributed by atoms with Crippen LogP contribution in [0.15, 0.2) is 0 Å². The Kier molecular flexibility index (Phi) is 12.8. The molecule has 3 nitrogen and oxygen atoms in total. The van der Waals surface area contributed by atoms with E-state index in [9.17, 15) is 0 Å². The molecule has 86 valence electrons. The second-order valence-corrected chi connectivity index (χ2v) is 3.36. The van der Waals surface area contributed by atoms with Gasteiger partial charge in [-0.3, -0.25) is 0 Å². The van der Waals surface area contributed by atoms with E-state index >= 15 is 0 Å². The van der Waals surface area contributed by atoms with Crippen molar-refractivity contribution in [3.05, 3.63) is 0 Å². The Morgan fingerprint density at radius 2 is 1.43 bits per heavy atom.